The molecule has 410 valence electrons. The zero-order valence-electron chi connectivity index (χ0n) is 44.7. The summed E-state index contributed by atoms with van der Waals surface area (Å²) in [5.74, 6) is -0.359. The van der Waals surface area contributed by atoms with Crippen LogP contribution >= 0.6 is 34.5 Å². The number of benzene rings is 2. The number of β-amino-alcohol motifs (C(OH)–C–C–N with tert-alkyl or cyclic N) is 1. The maximum Gasteiger partial charge on any atom is 0.243 e. The maximum atomic E-state index is 14.2. The molecule has 76 heavy (non-hydrogen) atoms. The molecule has 6 atom stereocenters. The molecule has 9 rings (SSSR count). The van der Waals surface area contributed by atoms with Crippen molar-refractivity contribution in [3.8, 4) is 27.3 Å². The summed E-state index contributed by atoms with van der Waals surface area (Å²) in [4.78, 5) is 47.2. The molecule has 7 heterocycles. The number of unbranched alkanes of at least 4 members (excludes halogenated alkanes) is 3. The molecule has 15 nitrogen and oxygen atoms in total. The number of nitrogens with one attached hydrogen (secondary N) is 2. The number of halogens is 3. The Kier molecular flexibility index (Phi) is 18.4. The van der Waals surface area contributed by atoms with Gasteiger partial charge in [-0.2, -0.15) is 5.10 Å². The molecule has 3 aromatic heterocycles. The molecule has 2 aromatic carbocycles. The lowest BCUT2D eigenvalue weighted by Crippen LogP contribution is -2.56. The molecule has 5 aromatic rings. The molecule has 0 saturated carbocycles. The highest BCUT2D eigenvalue weighted by atomic mass is 35.5. The van der Waals surface area contributed by atoms with Gasteiger partial charge in [0.15, 0.2) is 11.6 Å². The SMILES string of the molecule is Cc1ncsc1-c1ccc(CNC(=O)[C@@H]2C[C@@H](O)CN2C(=O)[C@@H](NCCCCCN2CC3CC2CN3CCCCN2CCC(n3cc(-c4cnc(N)c(O[C@H](C)c5c(Cl)ccc(F)c5Cl)c4)cn3)CC2)C(C)(C)C)cc1. The van der Waals surface area contributed by atoms with E-state index in [4.69, 9.17) is 38.8 Å². The van der Waals surface area contributed by atoms with E-state index in [0.29, 0.717) is 41.0 Å². The minimum absolute atomic E-state index is 0.0784. The minimum Gasteiger partial charge on any atom is -0.482 e. The number of amides is 2. The van der Waals surface area contributed by atoms with Gasteiger partial charge < -0.3 is 36.0 Å². The predicted octanol–water partition coefficient (Wildman–Crippen LogP) is 9.17. The van der Waals surface area contributed by atoms with Crippen LogP contribution in [0.1, 0.15) is 114 Å². The van der Waals surface area contributed by atoms with Gasteiger partial charge in [0.1, 0.15) is 18.0 Å². The second kappa shape index (κ2) is 24.9. The van der Waals surface area contributed by atoms with E-state index in [1.54, 1.807) is 29.4 Å². The molecule has 0 spiro atoms. The topological polar surface area (TPSA) is 170 Å². The first-order valence-corrected chi connectivity index (χ1v) is 28.9. The first kappa shape index (κ1) is 56.0. The third-order valence-electron chi connectivity index (χ3n) is 16.1. The number of hydrogen-bond acceptors (Lipinski definition) is 13. The smallest absolute Gasteiger partial charge is 0.243 e. The third kappa shape index (κ3) is 13.4. The Labute approximate surface area is 461 Å². The van der Waals surface area contributed by atoms with E-state index in [-0.39, 0.29) is 41.0 Å². The van der Waals surface area contributed by atoms with E-state index in [9.17, 15) is 19.1 Å². The molecular formula is C57H76Cl2FN11O4S. The van der Waals surface area contributed by atoms with Gasteiger partial charge in [-0.3, -0.25) is 24.1 Å². The Morgan fingerprint density at radius 1 is 0.895 bits per heavy atom. The molecule has 0 radical (unpaired) electrons. The number of carbonyl (C=O) groups is 2. The quantitative estimate of drug-likeness (QED) is 0.0384. The van der Waals surface area contributed by atoms with Crippen molar-refractivity contribution in [3.05, 3.63) is 99.2 Å². The van der Waals surface area contributed by atoms with Gasteiger partial charge in [0.25, 0.3) is 0 Å². The number of carbonyl (C=O) groups excluding carboxylic acids is 2. The molecule has 4 aliphatic rings. The minimum atomic E-state index is -0.738. The molecule has 2 bridgehead atoms. The standard InChI is InChI=1S/C57H76Cl2FN11O4S/c1-36-52(76-35-65-36)39-13-11-38(12-14-39)28-64-55(73)48-27-45(72)34-70(48)56(74)53(57(3,4)5)62-19-7-6-8-21-68-32-44-26-43(68)33-69(44)22-10-9-20-67-23-17-42(18-24-67)71-31-41(30-66-71)40-25-49(54(61)63-29-40)75-37(2)50-46(58)15-16-47(60)51(50)59/h11-16,25,29-31,35,37,42-45,48,53,62,72H,6-10,17-24,26-28,32-34H2,1-5H3,(H2,61,63)(H,64,73)/t37-,43?,44?,45-,48+,53-/m1/s1. The Bertz CT molecular complexity index is 2770. The zero-order valence-corrected chi connectivity index (χ0v) is 47.0. The fourth-order valence-electron chi connectivity index (χ4n) is 11.8. The van der Waals surface area contributed by atoms with Crippen molar-refractivity contribution in [1.29, 1.82) is 0 Å². The van der Waals surface area contributed by atoms with Crippen LogP contribution in [-0.2, 0) is 16.1 Å². The van der Waals surface area contributed by atoms with Crippen LogP contribution in [0.5, 0.6) is 5.75 Å². The average molecular weight is 1100 g/mol. The predicted molar refractivity (Wildman–Crippen MR) is 300 cm³/mol. The summed E-state index contributed by atoms with van der Waals surface area (Å²) in [7, 11) is 0. The highest BCUT2D eigenvalue weighted by Gasteiger charge is 2.44. The van der Waals surface area contributed by atoms with Crippen molar-refractivity contribution < 1.29 is 23.8 Å². The second-order valence-electron chi connectivity index (χ2n) is 22.5. The number of aliphatic hydroxyl groups is 1. The molecule has 4 saturated heterocycles. The molecular weight excluding hydrogens is 1020 g/mol. The van der Waals surface area contributed by atoms with Gasteiger partial charge in [0.2, 0.25) is 11.8 Å². The fraction of sp³-hybridized carbons (Fsp3) is 0.561. The van der Waals surface area contributed by atoms with Crippen LogP contribution < -0.4 is 21.1 Å². The van der Waals surface area contributed by atoms with Gasteiger partial charge in [-0.15, -0.1) is 11.3 Å². The summed E-state index contributed by atoms with van der Waals surface area (Å²) in [5.41, 5.74) is 12.8. The van der Waals surface area contributed by atoms with Crippen LogP contribution in [0.15, 0.2) is 66.6 Å². The molecule has 2 unspecified atom stereocenters. The number of ether oxygens (including phenoxy) is 1. The molecule has 0 aliphatic carbocycles. The zero-order chi connectivity index (χ0) is 53.7. The highest BCUT2D eigenvalue weighted by Crippen LogP contribution is 2.38. The van der Waals surface area contributed by atoms with Crippen molar-refractivity contribution in [1.82, 2.24) is 50.0 Å². The van der Waals surface area contributed by atoms with Crippen LogP contribution in [0, 0.1) is 18.2 Å². The van der Waals surface area contributed by atoms with E-state index < -0.39 is 30.1 Å². The first-order chi connectivity index (χ1) is 36.5. The van der Waals surface area contributed by atoms with Gasteiger partial charge in [-0.1, -0.05) is 74.7 Å². The fourth-order valence-corrected chi connectivity index (χ4v) is 13.2. The van der Waals surface area contributed by atoms with E-state index in [2.05, 4.69) is 67.0 Å². The number of rotatable bonds is 22. The van der Waals surface area contributed by atoms with Crippen LogP contribution in [0.3, 0.4) is 0 Å². The molecule has 4 aliphatic heterocycles. The summed E-state index contributed by atoms with van der Waals surface area (Å²) in [6.45, 7) is 19.0. The average Bonchev–Trinajstić information content (AvgIpc) is 4.28. The number of piperazine rings is 1. The highest BCUT2D eigenvalue weighted by molar-refractivity contribution is 7.13. The number of anilines is 1. The van der Waals surface area contributed by atoms with E-state index in [1.807, 2.05) is 49.0 Å². The van der Waals surface area contributed by atoms with Crippen molar-refractivity contribution >= 4 is 52.2 Å². The van der Waals surface area contributed by atoms with Crippen LogP contribution in [0.4, 0.5) is 10.2 Å². The van der Waals surface area contributed by atoms with E-state index in [0.717, 1.165) is 104 Å². The summed E-state index contributed by atoms with van der Waals surface area (Å²) < 4.78 is 22.4. The van der Waals surface area contributed by atoms with Gasteiger partial charge >= 0.3 is 0 Å². The number of nitrogen functional groups attached to an aromatic ring is 1. The van der Waals surface area contributed by atoms with Gasteiger partial charge in [-0.25, -0.2) is 14.4 Å². The summed E-state index contributed by atoms with van der Waals surface area (Å²) in [6.07, 6.45) is 13.4. The Balaban J connectivity index is 0.638. The number of likely N-dealkylation sites (tertiary alicyclic amines) is 4. The number of aryl methyl sites for hydroxylation is 1. The van der Waals surface area contributed by atoms with Gasteiger partial charge in [-0.05, 0) is 120 Å². The number of pyridine rings is 1. The number of hydrogen-bond donors (Lipinski definition) is 4. The number of nitrogens with two attached hydrogens (primary N) is 1. The van der Waals surface area contributed by atoms with Crippen LogP contribution in [0.2, 0.25) is 10.0 Å². The molecule has 19 heteroatoms. The molecule has 5 N–H and O–H groups in total. The van der Waals surface area contributed by atoms with Crippen molar-refractivity contribution in [2.24, 2.45) is 5.41 Å². The summed E-state index contributed by atoms with van der Waals surface area (Å²) in [5, 5.41) is 22.3. The lowest BCUT2D eigenvalue weighted by atomic mass is 9.85. The molecule has 4 fully saturated rings. The van der Waals surface area contributed by atoms with Crippen molar-refractivity contribution in [3.63, 3.8) is 0 Å². The monoisotopic (exact) mass is 1100 g/mol. The lowest BCUT2D eigenvalue weighted by Gasteiger charge is -2.35. The number of aromatic nitrogens is 4. The van der Waals surface area contributed by atoms with Crippen LogP contribution in [-0.4, -0.2) is 145 Å². The van der Waals surface area contributed by atoms with E-state index >= 15 is 0 Å². The van der Waals surface area contributed by atoms with Gasteiger partial charge in [0, 0.05) is 91.9 Å². The first-order valence-electron chi connectivity index (χ1n) is 27.3. The van der Waals surface area contributed by atoms with Crippen LogP contribution in [0.25, 0.3) is 21.6 Å². The number of piperidine rings is 1. The largest absolute Gasteiger partial charge is 0.482 e. The summed E-state index contributed by atoms with van der Waals surface area (Å²) >= 11 is 14.2. The Morgan fingerprint density at radius 2 is 1.61 bits per heavy atom. The maximum absolute atomic E-state index is 14.2. The van der Waals surface area contributed by atoms with Gasteiger partial charge in [0.05, 0.1) is 45.5 Å². The molecule has 2 amide bonds. The summed E-state index contributed by atoms with van der Waals surface area (Å²) in [6, 6.07) is 13.1. The normalized spacial score (nSPS) is 21.4. The number of thiazole rings is 1. The number of aliphatic hydroxyl groups excluding tert-OH is 1. The number of nitrogens with zero attached hydrogens (tertiary/aromatic N) is 8. The number of fused-ring (bicyclic) bond motifs is 2. The van der Waals surface area contributed by atoms with Crippen molar-refractivity contribution in [2.75, 3.05) is 64.6 Å². The Morgan fingerprint density at radius 3 is 2.29 bits per heavy atom. The lowest BCUT2D eigenvalue weighted by molar-refractivity contribution is -0.142. The third-order valence-corrected chi connectivity index (χ3v) is 17.7. The second-order valence-corrected chi connectivity index (χ2v) is 24.2. The van der Waals surface area contributed by atoms with E-state index in [1.165, 1.54) is 44.5 Å². The Hall–Kier alpha value is -4.72. The van der Waals surface area contributed by atoms with Crippen molar-refractivity contribution in [2.45, 2.75) is 141 Å².